The minimum Gasteiger partial charge on any atom is -0.494 e. The van der Waals surface area contributed by atoms with Gasteiger partial charge in [-0.15, -0.1) is 0 Å². The Bertz CT molecular complexity index is 1140. The summed E-state index contributed by atoms with van der Waals surface area (Å²) >= 11 is 11.8. The number of aromatic amines is 1. The van der Waals surface area contributed by atoms with Crippen LogP contribution < -0.4 is 21.3 Å². The molecule has 28 heavy (non-hydrogen) atoms. The van der Waals surface area contributed by atoms with Gasteiger partial charge in [-0.05, 0) is 49.4 Å². The number of benzene rings is 2. The number of ether oxygens (including phenoxy) is 1. The SMILES string of the molecule is CCOc1ccc(-n2c(=O)[nH]cc(C(=O)Nc3ccc(Cl)c(Cl)c3)c2=O)cc1. The molecule has 1 aromatic heterocycles. The van der Waals surface area contributed by atoms with Gasteiger partial charge in [0.2, 0.25) is 0 Å². The molecule has 0 aliphatic rings. The van der Waals surface area contributed by atoms with Crippen molar-refractivity contribution in [3.05, 3.63) is 85.1 Å². The highest BCUT2D eigenvalue weighted by molar-refractivity contribution is 6.42. The van der Waals surface area contributed by atoms with Gasteiger partial charge in [0, 0.05) is 11.9 Å². The molecule has 0 atom stereocenters. The molecule has 3 rings (SSSR count). The Morgan fingerprint density at radius 3 is 2.46 bits per heavy atom. The molecule has 3 aromatic rings. The van der Waals surface area contributed by atoms with E-state index >= 15 is 0 Å². The lowest BCUT2D eigenvalue weighted by Crippen LogP contribution is -2.38. The first kappa shape index (κ1) is 19.7. The van der Waals surface area contributed by atoms with Gasteiger partial charge in [-0.3, -0.25) is 9.59 Å². The van der Waals surface area contributed by atoms with E-state index in [1.165, 1.54) is 12.1 Å². The number of rotatable bonds is 5. The fraction of sp³-hybridized carbons (Fsp3) is 0.105. The van der Waals surface area contributed by atoms with Crippen molar-refractivity contribution in [1.29, 1.82) is 0 Å². The lowest BCUT2D eigenvalue weighted by molar-refractivity contribution is 0.102. The van der Waals surface area contributed by atoms with Crippen LogP contribution in [0.2, 0.25) is 10.0 Å². The highest BCUT2D eigenvalue weighted by atomic mass is 35.5. The van der Waals surface area contributed by atoms with Crippen LogP contribution in [0, 0.1) is 0 Å². The fourth-order valence-electron chi connectivity index (χ4n) is 2.50. The number of hydrogen-bond donors (Lipinski definition) is 2. The first-order valence-corrected chi connectivity index (χ1v) is 9.00. The molecule has 0 bridgehead atoms. The van der Waals surface area contributed by atoms with E-state index in [-0.39, 0.29) is 10.6 Å². The average Bonchev–Trinajstić information content (AvgIpc) is 2.66. The number of carbonyl (C=O) groups excluding carboxylic acids is 1. The molecule has 0 spiro atoms. The van der Waals surface area contributed by atoms with Gasteiger partial charge in [0.15, 0.2) is 0 Å². The van der Waals surface area contributed by atoms with E-state index in [4.69, 9.17) is 27.9 Å². The Labute approximate surface area is 169 Å². The van der Waals surface area contributed by atoms with E-state index in [1.54, 1.807) is 30.3 Å². The molecule has 0 radical (unpaired) electrons. The number of carbonyl (C=O) groups is 1. The Morgan fingerprint density at radius 1 is 1.11 bits per heavy atom. The Kier molecular flexibility index (Phi) is 5.87. The number of amides is 1. The third-order valence-corrected chi connectivity index (χ3v) is 4.54. The predicted octanol–water partition coefficient (Wildman–Crippen LogP) is 3.48. The Balaban J connectivity index is 1.96. The van der Waals surface area contributed by atoms with Crippen molar-refractivity contribution in [2.75, 3.05) is 11.9 Å². The van der Waals surface area contributed by atoms with Crippen LogP contribution in [-0.2, 0) is 0 Å². The quantitative estimate of drug-likeness (QED) is 0.661. The highest BCUT2D eigenvalue weighted by Crippen LogP contribution is 2.25. The van der Waals surface area contributed by atoms with Gasteiger partial charge in [-0.25, -0.2) is 9.36 Å². The second kappa shape index (κ2) is 8.33. The van der Waals surface area contributed by atoms with E-state index in [2.05, 4.69) is 10.3 Å². The second-order valence-corrected chi connectivity index (χ2v) is 6.47. The van der Waals surface area contributed by atoms with Crippen molar-refractivity contribution >= 4 is 34.8 Å². The summed E-state index contributed by atoms with van der Waals surface area (Å²) in [6.07, 6.45) is 1.07. The van der Waals surface area contributed by atoms with E-state index in [9.17, 15) is 14.4 Å². The molecule has 0 fully saturated rings. The Hall–Kier alpha value is -3.03. The van der Waals surface area contributed by atoms with Crippen LogP contribution in [0.1, 0.15) is 17.3 Å². The fourth-order valence-corrected chi connectivity index (χ4v) is 2.80. The summed E-state index contributed by atoms with van der Waals surface area (Å²) in [5, 5.41) is 3.15. The summed E-state index contributed by atoms with van der Waals surface area (Å²) < 4.78 is 6.22. The number of aromatic nitrogens is 2. The Morgan fingerprint density at radius 2 is 1.82 bits per heavy atom. The average molecular weight is 420 g/mol. The molecule has 0 aliphatic carbocycles. The summed E-state index contributed by atoms with van der Waals surface area (Å²) in [6.45, 7) is 2.34. The molecule has 2 N–H and O–H groups in total. The summed E-state index contributed by atoms with van der Waals surface area (Å²) in [7, 11) is 0. The number of H-pyrrole nitrogens is 1. The zero-order valence-electron chi connectivity index (χ0n) is 14.7. The predicted molar refractivity (Wildman–Crippen MR) is 108 cm³/mol. The van der Waals surface area contributed by atoms with Gasteiger partial charge in [0.1, 0.15) is 11.3 Å². The van der Waals surface area contributed by atoms with Crippen LogP contribution in [0.15, 0.2) is 58.3 Å². The van der Waals surface area contributed by atoms with Crippen molar-refractivity contribution in [3.63, 3.8) is 0 Å². The molecule has 0 aliphatic heterocycles. The molecule has 0 saturated carbocycles. The number of nitrogens with one attached hydrogen (secondary N) is 2. The topological polar surface area (TPSA) is 93.2 Å². The van der Waals surface area contributed by atoms with Crippen LogP contribution in [0.3, 0.4) is 0 Å². The second-order valence-electron chi connectivity index (χ2n) is 5.66. The molecule has 9 heteroatoms. The van der Waals surface area contributed by atoms with Gasteiger partial charge in [-0.1, -0.05) is 23.2 Å². The van der Waals surface area contributed by atoms with Gasteiger partial charge in [-0.2, -0.15) is 0 Å². The lowest BCUT2D eigenvalue weighted by atomic mass is 10.2. The summed E-state index contributed by atoms with van der Waals surface area (Å²) in [6, 6.07) is 10.9. The number of hydrogen-bond acceptors (Lipinski definition) is 4. The molecular weight excluding hydrogens is 405 g/mol. The third-order valence-electron chi connectivity index (χ3n) is 3.80. The van der Waals surface area contributed by atoms with Crippen molar-refractivity contribution in [2.45, 2.75) is 6.92 Å². The maximum Gasteiger partial charge on any atom is 0.333 e. The number of halogens is 2. The van der Waals surface area contributed by atoms with Crippen molar-refractivity contribution in [1.82, 2.24) is 9.55 Å². The largest absolute Gasteiger partial charge is 0.494 e. The molecule has 0 unspecified atom stereocenters. The van der Waals surface area contributed by atoms with Crippen molar-refractivity contribution in [2.24, 2.45) is 0 Å². The zero-order valence-corrected chi connectivity index (χ0v) is 16.2. The number of anilines is 1. The summed E-state index contributed by atoms with van der Waals surface area (Å²) in [5.41, 5.74) is -0.998. The minimum absolute atomic E-state index is 0.237. The monoisotopic (exact) mass is 419 g/mol. The van der Waals surface area contributed by atoms with Crippen LogP contribution in [0.25, 0.3) is 5.69 Å². The zero-order chi connectivity index (χ0) is 20.3. The molecule has 1 amide bonds. The third kappa shape index (κ3) is 4.11. The van der Waals surface area contributed by atoms with E-state index in [0.29, 0.717) is 28.8 Å². The van der Waals surface area contributed by atoms with Crippen molar-refractivity contribution in [3.8, 4) is 11.4 Å². The van der Waals surface area contributed by atoms with Crippen molar-refractivity contribution < 1.29 is 9.53 Å². The maximum absolute atomic E-state index is 12.8. The first-order chi connectivity index (χ1) is 13.4. The van der Waals surface area contributed by atoms with Gasteiger partial charge in [0.05, 0.1) is 22.3 Å². The number of nitrogens with zero attached hydrogens (tertiary/aromatic N) is 1. The standard InChI is InChI=1S/C19H15Cl2N3O4/c1-2-28-13-6-4-12(5-7-13)24-18(26)14(10-22-19(24)27)17(25)23-11-3-8-15(20)16(21)9-11/h3-10H,2H2,1H3,(H,22,27)(H,23,25). The molecule has 1 heterocycles. The molecular formula is C19H15Cl2N3O4. The molecule has 0 saturated heterocycles. The smallest absolute Gasteiger partial charge is 0.333 e. The lowest BCUT2D eigenvalue weighted by Gasteiger charge is -2.09. The van der Waals surface area contributed by atoms with Gasteiger partial charge in [0.25, 0.3) is 11.5 Å². The van der Waals surface area contributed by atoms with Gasteiger partial charge < -0.3 is 15.0 Å². The summed E-state index contributed by atoms with van der Waals surface area (Å²) in [4.78, 5) is 39.9. The van der Waals surface area contributed by atoms with Crippen LogP contribution in [0.4, 0.5) is 5.69 Å². The molecule has 144 valence electrons. The van der Waals surface area contributed by atoms with Crippen LogP contribution in [0.5, 0.6) is 5.75 Å². The van der Waals surface area contributed by atoms with Gasteiger partial charge >= 0.3 is 5.69 Å². The van der Waals surface area contributed by atoms with E-state index in [0.717, 1.165) is 10.8 Å². The minimum atomic E-state index is -0.759. The summed E-state index contributed by atoms with van der Waals surface area (Å²) in [5.74, 6) is -0.0939. The first-order valence-electron chi connectivity index (χ1n) is 8.25. The molecule has 2 aromatic carbocycles. The van der Waals surface area contributed by atoms with Crippen LogP contribution >= 0.6 is 23.2 Å². The van der Waals surface area contributed by atoms with E-state index in [1.807, 2.05) is 6.92 Å². The van der Waals surface area contributed by atoms with Crippen LogP contribution in [-0.4, -0.2) is 22.1 Å². The normalized spacial score (nSPS) is 10.5. The maximum atomic E-state index is 12.8. The highest BCUT2D eigenvalue weighted by Gasteiger charge is 2.16. The van der Waals surface area contributed by atoms with E-state index < -0.39 is 17.2 Å². The molecule has 7 nitrogen and oxygen atoms in total.